The summed E-state index contributed by atoms with van der Waals surface area (Å²) in [5, 5.41) is 5.89. The van der Waals surface area contributed by atoms with Crippen molar-refractivity contribution < 1.29 is 19.1 Å². The summed E-state index contributed by atoms with van der Waals surface area (Å²) in [6.45, 7) is 10.3. The summed E-state index contributed by atoms with van der Waals surface area (Å²) in [4.78, 5) is 37.3. The molecule has 39 heavy (non-hydrogen) atoms. The number of nitrogens with two attached hydrogens (primary N) is 1. The molecule has 7 heteroatoms. The van der Waals surface area contributed by atoms with E-state index < -0.39 is 23.7 Å². The predicted octanol–water partition coefficient (Wildman–Crippen LogP) is 7.10. The largest absolute Gasteiger partial charge is 0.459 e. The van der Waals surface area contributed by atoms with E-state index in [4.69, 9.17) is 10.5 Å². The minimum atomic E-state index is -0.737. The Morgan fingerprint density at radius 1 is 0.692 bits per heavy atom. The zero-order chi connectivity index (χ0) is 29.4. The molecule has 1 unspecified atom stereocenters. The van der Waals surface area contributed by atoms with Crippen LogP contribution in [-0.4, -0.2) is 42.0 Å². The Balaban J connectivity index is 4.17. The van der Waals surface area contributed by atoms with Crippen molar-refractivity contribution in [3.8, 4) is 0 Å². The highest BCUT2D eigenvalue weighted by Gasteiger charge is 2.24. The highest BCUT2D eigenvalue weighted by molar-refractivity contribution is 5.87. The normalized spacial score (nSPS) is 13.1. The highest BCUT2D eigenvalue weighted by Crippen LogP contribution is 2.14. The molecule has 0 bridgehead atoms. The number of hydrogen-bond donors (Lipinski definition) is 3. The lowest BCUT2D eigenvalue weighted by atomic mass is 10.0. The number of carbonyl (C=O) groups excluding carboxylic acids is 3. The van der Waals surface area contributed by atoms with E-state index in [2.05, 4.69) is 17.6 Å². The average Bonchev–Trinajstić information content (AvgIpc) is 2.87. The minimum absolute atomic E-state index is 0.107. The molecule has 230 valence electrons. The van der Waals surface area contributed by atoms with Crippen molar-refractivity contribution in [3.05, 3.63) is 0 Å². The third kappa shape index (κ3) is 23.9. The van der Waals surface area contributed by atoms with Crippen molar-refractivity contribution in [2.45, 2.75) is 181 Å². The van der Waals surface area contributed by atoms with Gasteiger partial charge in [0.25, 0.3) is 0 Å². The molecule has 4 N–H and O–H groups in total. The maximum absolute atomic E-state index is 12.8. The van der Waals surface area contributed by atoms with Crippen LogP contribution in [0.25, 0.3) is 0 Å². The fraction of sp³-hybridized carbons (Fsp3) is 0.906. The first-order valence-electron chi connectivity index (χ1n) is 16.2. The average molecular weight is 554 g/mol. The van der Waals surface area contributed by atoms with E-state index in [1.54, 1.807) is 0 Å². The lowest BCUT2D eigenvalue weighted by Gasteiger charge is -2.23. The quantitative estimate of drug-likeness (QED) is 0.0825. The molecular formula is C32H63N3O4. The monoisotopic (exact) mass is 553 g/mol. The van der Waals surface area contributed by atoms with Gasteiger partial charge in [-0.15, -0.1) is 0 Å². The summed E-state index contributed by atoms with van der Waals surface area (Å²) in [5.41, 5.74) is 5.40. The maximum atomic E-state index is 12.8. The van der Waals surface area contributed by atoms with E-state index in [1.165, 1.54) is 77.0 Å². The van der Waals surface area contributed by atoms with Crippen LogP contribution in [0.1, 0.15) is 163 Å². The lowest BCUT2D eigenvalue weighted by molar-refractivity contribution is -0.156. The molecular weight excluding hydrogens is 490 g/mol. The van der Waals surface area contributed by atoms with E-state index in [1.807, 2.05) is 27.7 Å². The molecule has 0 saturated carbocycles. The molecule has 0 aromatic heterocycles. The van der Waals surface area contributed by atoms with E-state index in [0.717, 1.165) is 25.7 Å². The molecule has 0 spiro atoms. The zero-order valence-electron chi connectivity index (χ0n) is 26.2. The molecule has 2 atom stereocenters. The number of amides is 2. The smallest absolute Gasteiger partial charge is 0.323 e. The van der Waals surface area contributed by atoms with Crippen molar-refractivity contribution in [1.82, 2.24) is 10.6 Å². The molecule has 0 aromatic carbocycles. The van der Waals surface area contributed by atoms with Crippen LogP contribution < -0.4 is 16.4 Å². The third-order valence-electron chi connectivity index (χ3n) is 6.96. The molecule has 0 aliphatic heterocycles. The second-order valence-electron chi connectivity index (χ2n) is 12.2. The number of nitrogens with one attached hydrogen (secondary N) is 2. The second-order valence-corrected chi connectivity index (χ2v) is 12.2. The molecule has 0 heterocycles. The second kappa shape index (κ2) is 24.2. The Bertz CT molecular complexity index is 633. The lowest BCUT2D eigenvalue weighted by Crippen LogP contribution is -2.47. The standard InChI is InChI=1S/C32H63N3O4/c1-6-8-10-11-12-13-14-15-16-17-18-19-20-21-26-34-30(37)28(35-29(36)25-9-7-2)24-22-23-27(33)31(38)39-32(3,4)5/h27-28H,6-26,33H2,1-5H3,(H,34,37)(H,35,36)/t27?,28-/m0/s1. The van der Waals surface area contributed by atoms with Crippen LogP contribution in [0.5, 0.6) is 0 Å². The molecule has 7 nitrogen and oxygen atoms in total. The van der Waals surface area contributed by atoms with Crippen LogP contribution in [0, 0.1) is 0 Å². The number of hydrogen-bond acceptors (Lipinski definition) is 5. The Kier molecular flexibility index (Phi) is 23.2. The van der Waals surface area contributed by atoms with Gasteiger partial charge in [-0.1, -0.05) is 104 Å². The van der Waals surface area contributed by atoms with Gasteiger partial charge in [-0.25, -0.2) is 0 Å². The van der Waals surface area contributed by atoms with Crippen LogP contribution in [0.2, 0.25) is 0 Å². The number of carbonyl (C=O) groups is 3. The van der Waals surface area contributed by atoms with E-state index >= 15 is 0 Å². The van der Waals surface area contributed by atoms with Crippen molar-refractivity contribution in [2.75, 3.05) is 6.54 Å². The van der Waals surface area contributed by atoms with Crippen LogP contribution in [0.4, 0.5) is 0 Å². The van der Waals surface area contributed by atoms with Gasteiger partial charge < -0.3 is 21.1 Å². The molecule has 2 amide bonds. The number of rotatable bonds is 25. The van der Waals surface area contributed by atoms with Crippen LogP contribution >= 0.6 is 0 Å². The summed E-state index contributed by atoms with van der Waals surface area (Å²) < 4.78 is 5.34. The summed E-state index contributed by atoms with van der Waals surface area (Å²) in [6, 6.07) is -1.34. The molecule has 0 fully saturated rings. The first-order valence-corrected chi connectivity index (χ1v) is 16.2. The van der Waals surface area contributed by atoms with Crippen LogP contribution in [-0.2, 0) is 19.1 Å². The van der Waals surface area contributed by atoms with E-state index in [9.17, 15) is 14.4 Å². The Morgan fingerprint density at radius 3 is 1.67 bits per heavy atom. The summed E-state index contributed by atoms with van der Waals surface area (Å²) in [7, 11) is 0. The number of ether oxygens (including phenoxy) is 1. The third-order valence-corrected chi connectivity index (χ3v) is 6.96. The fourth-order valence-electron chi connectivity index (χ4n) is 4.56. The van der Waals surface area contributed by atoms with Gasteiger partial charge in [0.2, 0.25) is 11.8 Å². The Hall–Kier alpha value is -1.63. The maximum Gasteiger partial charge on any atom is 0.323 e. The van der Waals surface area contributed by atoms with Gasteiger partial charge in [-0.3, -0.25) is 14.4 Å². The molecule has 0 aliphatic carbocycles. The van der Waals surface area contributed by atoms with Gasteiger partial charge in [0, 0.05) is 13.0 Å². The van der Waals surface area contributed by atoms with Gasteiger partial charge in [-0.05, 0) is 52.9 Å². The minimum Gasteiger partial charge on any atom is -0.459 e. The van der Waals surface area contributed by atoms with Gasteiger partial charge in [0.05, 0.1) is 0 Å². The van der Waals surface area contributed by atoms with Gasteiger partial charge in [0.15, 0.2) is 0 Å². The first kappa shape index (κ1) is 37.4. The van der Waals surface area contributed by atoms with Gasteiger partial charge in [0.1, 0.15) is 17.7 Å². The summed E-state index contributed by atoms with van der Waals surface area (Å²) in [5.74, 6) is -0.696. The molecule has 0 aliphatic rings. The Labute approximate surface area is 240 Å². The predicted molar refractivity (Wildman–Crippen MR) is 162 cm³/mol. The highest BCUT2D eigenvalue weighted by atomic mass is 16.6. The van der Waals surface area contributed by atoms with Crippen molar-refractivity contribution in [1.29, 1.82) is 0 Å². The fourth-order valence-corrected chi connectivity index (χ4v) is 4.56. The summed E-state index contributed by atoms with van der Waals surface area (Å²) in [6.07, 6.45) is 21.7. The Morgan fingerprint density at radius 2 is 1.18 bits per heavy atom. The molecule has 0 saturated heterocycles. The van der Waals surface area contributed by atoms with Gasteiger partial charge >= 0.3 is 5.97 Å². The molecule has 0 rings (SSSR count). The van der Waals surface area contributed by atoms with Crippen LogP contribution in [0.15, 0.2) is 0 Å². The topological polar surface area (TPSA) is 111 Å². The van der Waals surface area contributed by atoms with Crippen molar-refractivity contribution in [2.24, 2.45) is 5.73 Å². The van der Waals surface area contributed by atoms with E-state index in [0.29, 0.717) is 32.2 Å². The SMILES string of the molecule is CCCCCCCCCCCCCCCCNC(=O)[C@H](CCCC(N)C(=O)OC(C)(C)C)NC(=O)CCCC. The van der Waals surface area contributed by atoms with Crippen molar-refractivity contribution in [3.63, 3.8) is 0 Å². The first-order chi connectivity index (χ1) is 18.6. The molecule has 0 aromatic rings. The van der Waals surface area contributed by atoms with Crippen LogP contribution in [0.3, 0.4) is 0 Å². The number of unbranched alkanes of at least 4 members (excludes halogenated alkanes) is 14. The zero-order valence-corrected chi connectivity index (χ0v) is 26.2. The summed E-state index contributed by atoms with van der Waals surface area (Å²) >= 11 is 0. The molecule has 0 radical (unpaired) electrons. The van der Waals surface area contributed by atoms with E-state index in [-0.39, 0.29) is 11.8 Å². The van der Waals surface area contributed by atoms with Gasteiger partial charge in [-0.2, -0.15) is 0 Å². The number of esters is 1. The van der Waals surface area contributed by atoms with Crippen molar-refractivity contribution >= 4 is 17.8 Å².